The summed E-state index contributed by atoms with van der Waals surface area (Å²) in [6.45, 7) is 2.04. The molecule has 0 bridgehead atoms. The molecule has 2 heterocycles. The monoisotopic (exact) mass is 196 g/mol. The fraction of sp³-hybridized carbons (Fsp3) is 0.125. The normalized spacial score (nSPS) is 10.9. The number of thiol groups is 1. The van der Waals surface area contributed by atoms with E-state index in [1.54, 1.807) is 3.97 Å². The molecule has 1 unspecified atom stereocenters. The molecule has 0 saturated heterocycles. The van der Waals surface area contributed by atoms with Crippen molar-refractivity contribution in [3.8, 4) is 0 Å². The van der Waals surface area contributed by atoms with Crippen LogP contribution in [0.25, 0.3) is 11.0 Å². The lowest BCUT2D eigenvalue weighted by Gasteiger charge is -1.99. The lowest BCUT2D eigenvalue weighted by molar-refractivity contribution is 1.34. The van der Waals surface area contributed by atoms with Gasteiger partial charge in [-0.1, -0.05) is 22.1 Å². The smallest absolute Gasteiger partial charge is 0.0897 e. The van der Waals surface area contributed by atoms with Crippen molar-refractivity contribution in [2.75, 3.05) is 0 Å². The molecule has 0 fully saturated rings. The number of rotatable bonds is 0. The highest BCUT2D eigenvalue weighted by atomic mass is 32.1. The highest BCUT2D eigenvalue weighted by Crippen LogP contribution is 2.15. The summed E-state index contributed by atoms with van der Waals surface area (Å²) in [6, 6.07) is 4.03. The van der Waals surface area contributed by atoms with Gasteiger partial charge in [-0.05, 0) is 24.6 Å². The number of fused-ring (bicyclic) bond motifs is 1. The van der Waals surface area contributed by atoms with Crippen LogP contribution in [0, 0.1) is 6.92 Å². The number of hydrogen-bond acceptors (Lipinski definition) is 2. The largest absolute Gasteiger partial charge is 0.292 e. The number of pyridine rings is 1. The molecule has 0 aliphatic carbocycles. The first kappa shape index (κ1) is 8.09. The van der Waals surface area contributed by atoms with E-state index in [9.17, 15) is 0 Å². The van der Waals surface area contributed by atoms with Crippen LogP contribution in [-0.4, -0.2) is 8.96 Å². The fourth-order valence-corrected chi connectivity index (χ4v) is 1.61. The highest BCUT2D eigenvalue weighted by molar-refractivity contribution is 7.78. The minimum absolute atomic E-state index is 0.987. The van der Waals surface area contributed by atoms with Gasteiger partial charge in [-0.15, -0.1) is 0 Å². The molecule has 0 spiro atoms. The topological polar surface area (TPSA) is 17.8 Å². The molecule has 2 rings (SSSR count). The van der Waals surface area contributed by atoms with Crippen molar-refractivity contribution in [1.29, 1.82) is 0 Å². The van der Waals surface area contributed by atoms with E-state index in [0.717, 1.165) is 16.5 Å². The molecule has 2 aromatic heterocycles. The minimum atomic E-state index is 0.987. The van der Waals surface area contributed by atoms with Gasteiger partial charge in [0.1, 0.15) is 0 Å². The van der Waals surface area contributed by atoms with E-state index >= 15 is 0 Å². The summed E-state index contributed by atoms with van der Waals surface area (Å²) in [5.74, 6) is 0. The second-order valence-corrected chi connectivity index (χ2v) is 3.73. The summed E-state index contributed by atoms with van der Waals surface area (Å²) in [4.78, 5) is 4.39. The second-order valence-electron chi connectivity index (χ2n) is 2.76. The van der Waals surface area contributed by atoms with Gasteiger partial charge in [-0.25, -0.2) is 4.98 Å². The van der Waals surface area contributed by atoms with E-state index in [-0.39, 0.29) is 0 Å². The van der Waals surface area contributed by atoms with E-state index in [1.165, 1.54) is 5.56 Å². The molecular formula is C8H9N2PS. The third-order valence-corrected chi connectivity index (χ3v) is 2.81. The summed E-state index contributed by atoms with van der Waals surface area (Å²) in [5.41, 5.74) is 4.21. The molecule has 0 saturated carbocycles. The van der Waals surface area contributed by atoms with Crippen LogP contribution >= 0.6 is 22.1 Å². The lowest BCUT2D eigenvalue weighted by atomic mass is 10.3. The molecule has 1 atom stereocenters. The first-order valence-electron chi connectivity index (χ1n) is 3.62. The van der Waals surface area contributed by atoms with Gasteiger partial charge in [0.15, 0.2) is 0 Å². The van der Waals surface area contributed by atoms with Gasteiger partial charge in [0, 0.05) is 6.20 Å². The molecule has 0 aromatic carbocycles. The molecule has 62 valence electrons. The van der Waals surface area contributed by atoms with Crippen LogP contribution in [0.3, 0.4) is 0 Å². The maximum atomic E-state index is 4.39. The number of nitrogens with zero attached hydrogens (tertiary/aromatic N) is 2. The summed E-state index contributed by atoms with van der Waals surface area (Å²) < 4.78 is 1.78. The fourth-order valence-electron chi connectivity index (χ4n) is 1.16. The van der Waals surface area contributed by atoms with Crippen LogP contribution < -0.4 is 5.44 Å². The van der Waals surface area contributed by atoms with Gasteiger partial charge in [0.05, 0.1) is 16.5 Å². The van der Waals surface area contributed by atoms with Crippen LogP contribution in [0.15, 0.2) is 18.3 Å². The standard InChI is InChI=1S/C8H9N2PS/c1-5-4-7-6(9-8(5)11)2-3-10(7)12/h2-4,12H,11H2,1H3. The van der Waals surface area contributed by atoms with Gasteiger partial charge in [0.25, 0.3) is 0 Å². The molecule has 2 aromatic rings. The molecule has 12 heavy (non-hydrogen) atoms. The summed E-state index contributed by atoms with van der Waals surface area (Å²) in [6.07, 6.45) is 1.89. The van der Waals surface area contributed by atoms with Crippen LogP contribution in [-0.2, 0) is 0 Å². The Kier molecular flexibility index (Phi) is 1.85. The van der Waals surface area contributed by atoms with Crippen molar-refractivity contribution >= 4 is 38.5 Å². The molecule has 4 heteroatoms. The molecule has 0 radical (unpaired) electrons. The van der Waals surface area contributed by atoms with Gasteiger partial charge in [-0.3, -0.25) is 3.97 Å². The lowest BCUT2D eigenvalue weighted by Crippen LogP contribution is -2.01. The van der Waals surface area contributed by atoms with Crippen LogP contribution in [0.5, 0.6) is 0 Å². The van der Waals surface area contributed by atoms with Gasteiger partial charge in [0.2, 0.25) is 0 Å². The molecule has 0 N–H and O–H groups in total. The number of aromatic nitrogens is 2. The zero-order valence-electron chi connectivity index (χ0n) is 6.65. The maximum Gasteiger partial charge on any atom is 0.0897 e. The Morgan fingerprint density at radius 2 is 2.33 bits per heavy atom. The third-order valence-electron chi connectivity index (χ3n) is 1.88. The van der Waals surface area contributed by atoms with Crippen molar-refractivity contribution in [3.63, 3.8) is 0 Å². The number of aryl methyl sites for hydroxylation is 1. The third kappa shape index (κ3) is 1.13. The SMILES string of the molecule is Cc1cc2c(ccn2S)nc1P. The predicted octanol–water partition coefficient (Wildman–Crippen LogP) is 1.54. The molecule has 0 aliphatic rings. The van der Waals surface area contributed by atoms with Gasteiger partial charge >= 0.3 is 0 Å². The highest BCUT2D eigenvalue weighted by Gasteiger charge is 2.01. The van der Waals surface area contributed by atoms with E-state index < -0.39 is 0 Å². The molecule has 0 aliphatic heterocycles. The van der Waals surface area contributed by atoms with Crippen molar-refractivity contribution in [3.05, 3.63) is 23.9 Å². The van der Waals surface area contributed by atoms with E-state index in [4.69, 9.17) is 0 Å². The zero-order chi connectivity index (χ0) is 8.72. The van der Waals surface area contributed by atoms with Crippen molar-refractivity contribution in [2.24, 2.45) is 0 Å². The zero-order valence-corrected chi connectivity index (χ0v) is 8.70. The van der Waals surface area contributed by atoms with Crippen LogP contribution in [0.4, 0.5) is 0 Å². The second kappa shape index (κ2) is 2.75. The summed E-state index contributed by atoms with van der Waals surface area (Å²) >= 11 is 4.25. The molecule has 2 nitrogen and oxygen atoms in total. The van der Waals surface area contributed by atoms with Crippen LogP contribution in [0.1, 0.15) is 5.56 Å². The Morgan fingerprint density at radius 1 is 1.58 bits per heavy atom. The Balaban J connectivity index is 2.87. The Morgan fingerprint density at radius 3 is 3.08 bits per heavy atom. The average molecular weight is 196 g/mol. The predicted molar refractivity (Wildman–Crippen MR) is 58.2 cm³/mol. The van der Waals surface area contributed by atoms with Crippen LogP contribution in [0.2, 0.25) is 0 Å². The van der Waals surface area contributed by atoms with E-state index in [2.05, 4.69) is 33.1 Å². The van der Waals surface area contributed by atoms with Crippen molar-refractivity contribution in [2.45, 2.75) is 6.92 Å². The average Bonchev–Trinajstić information content (AvgIpc) is 2.35. The van der Waals surface area contributed by atoms with Gasteiger partial charge in [-0.2, -0.15) is 0 Å². The summed E-state index contributed by atoms with van der Waals surface area (Å²) in [5, 5.41) is 0. The summed E-state index contributed by atoms with van der Waals surface area (Å²) in [7, 11) is 2.62. The Labute approximate surface area is 78.7 Å². The maximum absolute atomic E-state index is 4.39. The van der Waals surface area contributed by atoms with E-state index in [0.29, 0.717) is 0 Å². The number of hydrogen-bond donors (Lipinski definition) is 1. The quantitative estimate of drug-likeness (QED) is 0.500. The van der Waals surface area contributed by atoms with Gasteiger partial charge < -0.3 is 0 Å². The van der Waals surface area contributed by atoms with Crippen molar-refractivity contribution < 1.29 is 0 Å². The Bertz CT molecular complexity index is 436. The first-order valence-corrected chi connectivity index (χ1v) is 4.59. The molecule has 0 amide bonds. The minimum Gasteiger partial charge on any atom is -0.292 e. The van der Waals surface area contributed by atoms with Crippen molar-refractivity contribution in [1.82, 2.24) is 8.96 Å². The molecular weight excluding hydrogens is 187 g/mol. The Hall–Kier alpha value is -0.530. The first-order chi connectivity index (χ1) is 5.68. The van der Waals surface area contributed by atoms with E-state index in [1.807, 2.05) is 19.2 Å².